The van der Waals surface area contributed by atoms with E-state index in [1.54, 1.807) is 6.07 Å². The zero-order valence-electron chi connectivity index (χ0n) is 9.80. The lowest BCUT2D eigenvalue weighted by Crippen LogP contribution is -2.06. The average Bonchev–Trinajstić information content (AvgIpc) is 2.28. The number of rotatable bonds is 5. The molecule has 0 radical (unpaired) electrons. The van der Waals surface area contributed by atoms with Crippen LogP contribution < -0.4 is 0 Å². The quantitative estimate of drug-likeness (QED) is 0.837. The van der Waals surface area contributed by atoms with Crippen molar-refractivity contribution in [2.45, 2.75) is 44.9 Å². The summed E-state index contributed by atoms with van der Waals surface area (Å²) < 4.78 is 37.3. The van der Waals surface area contributed by atoms with Gasteiger partial charge in [0.1, 0.15) is 0 Å². The van der Waals surface area contributed by atoms with Crippen LogP contribution in [0.4, 0.5) is 13.2 Å². The summed E-state index contributed by atoms with van der Waals surface area (Å²) in [6, 6.07) is 5.37. The number of benzene rings is 1. The van der Waals surface area contributed by atoms with Crippen LogP contribution in [0.3, 0.4) is 0 Å². The summed E-state index contributed by atoms with van der Waals surface area (Å²) >= 11 is 0. The number of aliphatic hydroxyl groups excluding tert-OH is 1. The molecule has 0 aliphatic rings. The molecule has 17 heavy (non-hydrogen) atoms. The Morgan fingerprint density at radius 1 is 1.29 bits per heavy atom. The first-order valence-electron chi connectivity index (χ1n) is 5.77. The molecule has 0 aliphatic heterocycles. The van der Waals surface area contributed by atoms with Crippen LogP contribution in [-0.2, 0) is 12.6 Å². The first-order chi connectivity index (χ1) is 7.93. The molecule has 0 bridgehead atoms. The second-order valence-corrected chi connectivity index (χ2v) is 4.15. The summed E-state index contributed by atoms with van der Waals surface area (Å²) in [6.07, 6.45) is -2.04. The largest absolute Gasteiger partial charge is 0.416 e. The van der Waals surface area contributed by atoms with Crippen LogP contribution in [0, 0.1) is 0 Å². The molecule has 0 heterocycles. The van der Waals surface area contributed by atoms with Crippen LogP contribution in [0.1, 0.15) is 37.3 Å². The summed E-state index contributed by atoms with van der Waals surface area (Å²) in [7, 11) is 0. The van der Waals surface area contributed by atoms with Gasteiger partial charge in [-0.05, 0) is 37.3 Å². The Kier molecular flexibility index (Phi) is 5.00. The van der Waals surface area contributed by atoms with Gasteiger partial charge in [0, 0.05) is 0 Å². The predicted molar refractivity (Wildman–Crippen MR) is 60.7 cm³/mol. The van der Waals surface area contributed by atoms with Gasteiger partial charge in [-0.1, -0.05) is 25.1 Å². The lowest BCUT2D eigenvalue weighted by molar-refractivity contribution is -0.137. The highest BCUT2D eigenvalue weighted by atomic mass is 19.4. The minimum Gasteiger partial charge on any atom is -0.393 e. The third kappa shape index (κ3) is 4.77. The molecule has 96 valence electrons. The van der Waals surface area contributed by atoms with Gasteiger partial charge >= 0.3 is 6.18 Å². The average molecular weight is 246 g/mol. The van der Waals surface area contributed by atoms with E-state index in [4.69, 9.17) is 0 Å². The van der Waals surface area contributed by atoms with Gasteiger partial charge < -0.3 is 5.11 Å². The maximum absolute atomic E-state index is 12.4. The van der Waals surface area contributed by atoms with Gasteiger partial charge in [0.2, 0.25) is 0 Å². The molecule has 1 unspecified atom stereocenters. The van der Waals surface area contributed by atoms with Crippen molar-refractivity contribution in [1.82, 2.24) is 0 Å². The van der Waals surface area contributed by atoms with Crippen LogP contribution in [0.15, 0.2) is 24.3 Å². The Hall–Kier alpha value is -1.03. The van der Waals surface area contributed by atoms with Crippen LogP contribution in [0.25, 0.3) is 0 Å². The molecule has 4 heteroatoms. The number of aliphatic hydroxyl groups is 1. The summed E-state index contributed by atoms with van der Waals surface area (Å²) in [4.78, 5) is 0. The van der Waals surface area contributed by atoms with Crippen molar-refractivity contribution < 1.29 is 18.3 Å². The van der Waals surface area contributed by atoms with Crippen molar-refractivity contribution in [2.75, 3.05) is 0 Å². The summed E-state index contributed by atoms with van der Waals surface area (Å²) in [6.45, 7) is 1.88. The number of halogens is 3. The molecule has 1 aromatic carbocycles. The van der Waals surface area contributed by atoms with Crippen LogP contribution in [-0.4, -0.2) is 11.2 Å². The fourth-order valence-corrected chi connectivity index (χ4v) is 1.65. The van der Waals surface area contributed by atoms with E-state index < -0.39 is 11.7 Å². The van der Waals surface area contributed by atoms with E-state index in [9.17, 15) is 18.3 Å². The maximum atomic E-state index is 12.4. The van der Waals surface area contributed by atoms with Crippen LogP contribution in [0.2, 0.25) is 0 Å². The smallest absolute Gasteiger partial charge is 0.393 e. The molecule has 0 spiro atoms. The molecule has 0 amide bonds. The Balaban J connectivity index is 2.55. The van der Waals surface area contributed by atoms with E-state index in [2.05, 4.69) is 0 Å². The Bertz CT molecular complexity index is 347. The molecule has 0 saturated carbocycles. The summed E-state index contributed by atoms with van der Waals surface area (Å²) in [5, 5.41) is 9.34. The van der Waals surface area contributed by atoms with Crippen molar-refractivity contribution >= 4 is 0 Å². The highest BCUT2D eigenvalue weighted by Gasteiger charge is 2.30. The highest BCUT2D eigenvalue weighted by Crippen LogP contribution is 2.29. The Morgan fingerprint density at radius 2 is 2.00 bits per heavy atom. The van der Waals surface area contributed by atoms with Gasteiger partial charge in [0.25, 0.3) is 0 Å². The number of hydrogen-bond acceptors (Lipinski definition) is 1. The van der Waals surface area contributed by atoms with Crippen molar-refractivity contribution in [1.29, 1.82) is 0 Å². The van der Waals surface area contributed by atoms with E-state index in [1.165, 1.54) is 12.1 Å². The molecule has 1 nitrogen and oxygen atoms in total. The Labute approximate surface area is 99.3 Å². The topological polar surface area (TPSA) is 20.2 Å². The molecule has 1 atom stereocenters. The maximum Gasteiger partial charge on any atom is 0.416 e. The number of alkyl halides is 3. The van der Waals surface area contributed by atoms with E-state index in [-0.39, 0.29) is 6.10 Å². The third-order valence-electron chi connectivity index (χ3n) is 2.73. The van der Waals surface area contributed by atoms with E-state index in [0.717, 1.165) is 6.07 Å². The molecule has 0 aromatic heterocycles. The molecule has 1 aromatic rings. The van der Waals surface area contributed by atoms with Crippen molar-refractivity contribution in [2.24, 2.45) is 0 Å². The van der Waals surface area contributed by atoms with Crippen molar-refractivity contribution in [3.05, 3.63) is 35.4 Å². The minimum atomic E-state index is -4.28. The second-order valence-electron chi connectivity index (χ2n) is 4.15. The van der Waals surface area contributed by atoms with Gasteiger partial charge in [-0.15, -0.1) is 0 Å². The molecule has 0 saturated heterocycles. The van der Waals surface area contributed by atoms with Gasteiger partial charge in [0.15, 0.2) is 0 Å². The highest BCUT2D eigenvalue weighted by molar-refractivity contribution is 5.25. The SMILES string of the molecule is CCC(O)CCCc1cccc(C(F)(F)F)c1. The van der Waals surface area contributed by atoms with Crippen LogP contribution in [0.5, 0.6) is 0 Å². The first kappa shape index (κ1) is 14.0. The predicted octanol–water partition coefficient (Wildman–Crippen LogP) is 3.80. The molecule has 1 rings (SSSR count). The zero-order chi connectivity index (χ0) is 12.9. The lowest BCUT2D eigenvalue weighted by atomic mass is 10.0. The standard InChI is InChI=1S/C13H17F3O/c1-2-12(17)8-4-6-10-5-3-7-11(9-10)13(14,15)16/h3,5,7,9,12,17H,2,4,6,8H2,1H3. The lowest BCUT2D eigenvalue weighted by Gasteiger charge is -2.10. The van der Waals surface area contributed by atoms with Gasteiger partial charge in [-0.3, -0.25) is 0 Å². The first-order valence-corrected chi connectivity index (χ1v) is 5.77. The number of hydrogen-bond donors (Lipinski definition) is 1. The van der Waals surface area contributed by atoms with Gasteiger partial charge in [-0.25, -0.2) is 0 Å². The normalized spacial score (nSPS) is 13.7. The molecule has 0 aliphatic carbocycles. The fraction of sp³-hybridized carbons (Fsp3) is 0.538. The Morgan fingerprint density at radius 3 is 2.59 bits per heavy atom. The zero-order valence-corrected chi connectivity index (χ0v) is 9.80. The molecule has 0 fully saturated rings. The third-order valence-corrected chi connectivity index (χ3v) is 2.73. The fourth-order valence-electron chi connectivity index (χ4n) is 1.65. The monoisotopic (exact) mass is 246 g/mol. The van der Waals surface area contributed by atoms with Crippen molar-refractivity contribution in [3.8, 4) is 0 Å². The van der Waals surface area contributed by atoms with Gasteiger partial charge in [0.05, 0.1) is 11.7 Å². The molecular formula is C13H17F3O. The van der Waals surface area contributed by atoms with E-state index >= 15 is 0 Å². The summed E-state index contributed by atoms with van der Waals surface area (Å²) in [5.41, 5.74) is 0.0640. The van der Waals surface area contributed by atoms with Gasteiger partial charge in [-0.2, -0.15) is 13.2 Å². The summed E-state index contributed by atoms with van der Waals surface area (Å²) in [5.74, 6) is 0. The van der Waals surface area contributed by atoms with E-state index in [1.807, 2.05) is 6.92 Å². The second kappa shape index (κ2) is 6.05. The van der Waals surface area contributed by atoms with Crippen molar-refractivity contribution in [3.63, 3.8) is 0 Å². The molecule has 1 N–H and O–H groups in total. The molecular weight excluding hydrogens is 229 g/mol. The van der Waals surface area contributed by atoms with Crippen LogP contribution >= 0.6 is 0 Å². The number of aryl methyl sites for hydroxylation is 1. The van der Waals surface area contributed by atoms with E-state index in [0.29, 0.717) is 31.2 Å². The minimum absolute atomic E-state index is 0.346.